The number of sulfonamides is 1. The summed E-state index contributed by atoms with van der Waals surface area (Å²) >= 11 is 7.83. The van der Waals surface area contributed by atoms with Crippen LogP contribution in [0.2, 0.25) is 5.02 Å². The summed E-state index contributed by atoms with van der Waals surface area (Å²) in [5, 5.41) is 0.887. The number of hydrogen-bond donors (Lipinski definition) is 2. The number of thioether (sulfide) groups is 1. The molecule has 0 aliphatic heterocycles. The Morgan fingerprint density at radius 3 is 2.81 bits per heavy atom. The van der Waals surface area contributed by atoms with Crippen LogP contribution in [0.4, 0.5) is 5.69 Å². The van der Waals surface area contributed by atoms with Gasteiger partial charge in [-0.3, -0.25) is 0 Å². The minimum Gasteiger partial charge on any atom is -0.398 e. The summed E-state index contributed by atoms with van der Waals surface area (Å²) < 4.78 is 27.9. The molecule has 2 rings (SSSR count). The number of rotatable bonds is 5. The second kappa shape index (κ2) is 6.77. The van der Waals surface area contributed by atoms with E-state index < -0.39 is 10.0 Å². The molecule has 0 heterocycles. The highest BCUT2D eigenvalue weighted by molar-refractivity contribution is 7.99. The van der Waals surface area contributed by atoms with Gasteiger partial charge in [0, 0.05) is 22.0 Å². The van der Waals surface area contributed by atoms with Crippen molar-refractivity contribution in [3.63, 3.8) is 0 Å². The molecule has 0 amide bonds. The number of nitrogens with two attached hydrogens (primary N) is 1. The molecule has 0 bridgehead atoms. The van der Waals surface area contributed by atoms with Gasteiger partial charge in [-0.1, -0.05) is 18.5 Å². The van der Waals surface area contributed by atoms with E-state index in [-0.39, 0.29) is 10.9 Å². The molecule has 7 heteroatoms. The van der Waals surface area contributed by atoms with Crippen LogP contribution in [0.5, 0.6) is 0 Å². The Balaban J connectivity index is 2.16. The Morgan fingerprint density at radius 2 is 2.14 bits per heavy atom. The first-order valence-electron chi connectivity index (χ1n) is 7.03. The van der Waals surface area contributed by atoms with Crippen molar-refractivity contribution in [3.05, 3.63) is 22.7 Å². The van der Waals surface area contributed by atoms with Crippen molar-refractivity contribution in [1.82, 2.24) is 4.72 Å². The van der Waals surface area contributed by atoms with Gasteiger partial charge in [0.1, 0.15) is 0 Å². The number of anilines is 1. The van der Waals surface area contributed by atoms with Gasteiger partial charge in [-0.2, -0.15) is 11.8 Å². The zero-order chi connectivity index (χ0) is 15.6. The number of benzene rings is 1. The van der Waals surface area contributed by atoms with Crippen LogP contribution in [0.25, 0.3) is 0 Å². The molecule has 1 aromatic carbocycles. The number of nitrogen functional groups attached to an aromatic ring is 1. The molecule has 3 N–H and O–H groups in total. The van der Waals surface area contributed by atoms with Crippen molar-refractivity contribution >= 4 is 39.1 Å². The van der Waals surface area contributed by atoms with E-state index in [1.165, 1.54) is 6.07 Å². The highest BCUT2D eigenvalue weighted by Crippen LogP contribution is 2.31. The summed E-state index contributed by atoms with van der Waals surface area (Å²) in [6, 6.07) is 3.03. The lowest BCUT2D eigenvalue weighted by molar-refractivity contribution is 0.552. The average Bonchev–Trinajstić information content (AvgIpc) is 2.80. The number of hydrogen-bond acceptors (Lipinski definition) is 4. The molecule has 118 valence electrons. The van der Waals surface area contributed by atoms with E-state index in [0.717, 1.165) is 25.0 Å². The summed E-state index contributed by atoms with van der Waals surface area (Å²) in [5.74, 6) is 1.06. The quantitative estimate of drug-likeness (QED) is 0.801. The third-order valence-electron chi connectivity index (χ3n) is 3.76. The van der Waals surface area contributed by atoms with Gasteiger partial charge in [-0.25, -0.2) is 13.1 Å². The first kappa shape index (κ1) is 16.9. The van der Waals surface area contributed by atoms with Crippen LogP contribution in [-0.2, 0) is 10.0 Å². The Hall–Kier alpha value is -0.430. The molecule has 0 aromatic heterocycles. The SMILES string of the molecule is CCSC1CCC(NS(=O)(=O)c2cc(Cl)cc(N)c2C)C1. The van der Waals surface area contributed by atoms with Crippen LogP contribution in [0.15, 0.2) is 17.0 Å². The predicted molar refractivity (Wildman–Crippen MR) is 90.5 cm³/mol. The van der Waals surface area contributed by atoms with E-state index in [2.05, 4.69) is 11.6 Å². The van der Waals surface area contributed by atoms with Gasteiger partial charge in [-0.15, -0.1) is 0 Å². The van der Waals surface area contributed by atoms with Crippen molar-refractivity contribution < 1.29 is 8.42 Å². The molecule has 2 unspecified atom stereocenters. The van der Waals surface area contributed by atoms with Crippen LogP contribution < -0.4 is 10.5 Å². The van der Waals surface area contributed by atoms with Gasteiger partial charge in [-0.05, 0) is 49.6 Å². The van der Waals surface area contributed by atoms with Gasteiger partial charge in [0.05, 0.1) is 4.90 Å². The summed E-state index contributed by atoms with van der Waals surface area (Å²) in [4.78, 5) is 0.180. The van der Waals surface area contributed by atoms with Crippen molar-refractivity contribution in [2.45, 2.75) is 49.3 Å². The Morgan fingerprint density at radius 1 is 1.43 bits per heavy atom. The topological polar surface area (TPSA) is 72.2 Å². The first-order chi connectivity index (χ1) is 9.83. The lowest BCUT2D eigenvalue weighted by Crippen LogP contribution is -2.33. The number of halogens is 1. The normalized spacial score (nSPS) is 22.6. The van der Waals surface area contributed by atoms with Crippen LogP contribution in [0.1, 0.15) is 31.7 Å². The molecule has 1 aliphatic carbocycles. The Labute approximate surface area is 135 Å². The predicted octanol–water partition coefficient (Wildman–Crippen LogP) is 3.18. The molecular weight excluding hydrogens is 328 g/mol. The van der Waals surface area contributed by atoms with Crippen LogP contribution in [0, 0.1) is 6.92 Å². The largest absolute Gasteiger partial charge is 0.398 e. The molecule has 0 saturated heterocycles. The van der Waals surface area contributed by atoms with Crippen LogP contribution in [0.3, 0.4) is 0 Å². The fourth-order valence-electron chi connectivity index (χ4n) is 2.67. The molecule has 21 heavy (non-hydrogen) atoms. The third kappa shape index (κ3) is 4.06. The lowest BCUT2D eigenvalue weighted by atomic mass is 10.2. The van der Waals surface area contributed by atoms with Crippen LogP contribution in [-0.4, -0.2) is 25.5 Å². The maximum atomic E-state index is 12.5. The third-order valence-corrected chi connectivity index (χ3v) is 6.86. The molecule has 1 aromatic rings. The molecule has 1 fully saturated rings. The van der Waals surface area contributed by atoms with Crippen molar-refractivity contribution in [1.29, 1.82) is 0 Å². The van der Waals surface area contributed by atoms with Gasteiger partial charge in [0.15, 0.2) is 0 Å². The van der Waals surface area contributed by atoms with E-state index in [4.69, 9.17) is 17.3 Å². The Bertz CT molecular complexity index is 620. The van der Waals surface area contributed by atoms with E-state index in [9.17, 15) is 8.42 Å². The van der Waals surface area contributed by atoms with Gasteiger partial charge in [0.2, 0.25) is 10.0 Å². The monoisotopic (exact) mass is 348 g/mol. The standard InChI is InChI=1S/C14H21ClN2O2S2/c1-3-20-12-5-4-11(8-12)17-21(18,19)14-7-10(15)6-13(16)9(14)2/h6-7,11-12,17H,3-5,8,16H2,1-2H3. The lowest BCUT2D eigenvalue weighted by Gasteiger charge is -2.16. The van der Waals surface area contributed by atoms with Gasteiger partial charge < -0.3 is 5.73 Å². The fraction of sp³-hybridized carbons (Fsp3) is 0.571. The second-order valence-corrected chi connectivity index (χ2v) is 9.02. The summed E-state index contributed by atoms with van der Waals surface area (Å²) in [6.45, 7) is 3.82. The van der Waals surface area contributed by atoms with E-state index in [0.29, 0.717) is 21.5 Å². The van der Waals surface area contributed by atoms with E-state index in [1.54, 1.807) is 13.0 Å². The maximum Gasteiger partial charge on any atom is 0.241 e. The zero-order valence-electron chi connectivity index (χ0n) is 12.2. The van der Waals surface area contributed by atoms with E-state index in [1.807, 2.05) is 11.8 Å². The van der Waals surface area contributed by atoms with Crippen molar-refractivity contribution in [2.24, 2.45) is 0 Å². The van der Waals surface area contributed by atoms with Gasteiger partial charge in [0.25, 0.3) is 0 Å². The summed E-state index contributed by atoms with van der Waals surface area (Å²) in [7, 11) is -3.58. The maximum absolute atomic E-state index is 12.5. The Kier molecular flexibility index (Phi) is 5.46. The molecule has 0 radical (unpaired) electrons. The van der Waals surface area contributed by atoms with Gasteiger partial charge >= 0.3 is 0 Å². The minimum atomic E-state index is -3.58. The molecular formula is C14H21ClN2O2S2. The second-order valence-electron chi connectivity index (χ2n) is 5.33. The van der Waals surface area contributed by atoms with Crippen molar-refractivity contribution in [3.8, 4) is 0 Å². The van der Waals surface area contributed by atoms with E-state index >= 15 is 0 Å². The first-order valence-corrected chi connectivity index (χ1v) is 9.94. The zero-order valence-corrected chi connectivity index (χ0v) is 14.6. The molecule has 4 nitrogen and oxygen atoms in total. The van der Waals surface area contributed by atoms with Crippen molar-refractivity contribution in [2.75, 3.05) is 11.5 Å². The highest BCUT2D eigenvalue weighted by atomic mass is 35.5. The molecule has 2 atom stereocenters. The smallest absolute Gasteiger partial charge is 0.241 e. The number of nitrogens with one attached hydrogen (secondary N) is 1. The molecule has 0 spiro atoms. The average molecular weight is 349 g/mol. The fourth-order valence-corrected chi connectivity index (χ4v) is 5.69. The minimum absolute atomic E-state index is 0.00124. The summed E-state index contributed by atoms with van der Waals surface area (Å²) in [5.41, 5.74) is 6.75. The molecule has 1 aliphatic rings. The van der Waals surface area contributed by atoms with Crippen LogP contribution >= 0.6 is 23.4 Å². The molecule has 1 saturated carbocycles. The highest BCUT2D eigenvalue weighted by Gasteiger charge is 2.29. The summed E-state index contributed by atoms with van der Waals surface area (Å²) in [6.07, 6.45) is 2.82.